The number of aryl methyl sites for hydroxylation is 2. The van der Waals surface area contributed by atoms with Gasteiger partial charge in [0.25, 0.3) is 0 Å². The number of alkyl halides is 3. The maximum absolute atomic E-state index is 10.6. The summed E-state index contributed by atoms with van der Waals surface area (Å²) in [6.45, 7) is 2.12. The van der Waals surface area contributed by atoms with E-state index in [2.05, 4.69) is 47.8 Å². The summed E-state index contributed by atoms with van der Waals surface area (Å²) >= 11 is 0. The standard InChI is InChI=1S/C23H31NO3.C2HF3O2/c25-23(26)15-17-24-16-8-13-21-12-7-14-22(19-21)27-18-6-2-5-11-20-9-3-1-4-10-20;3-2(4,5)1(6)7/h1,3-4,7,9-10,12,14,19,24H,2,5-6,8,11,13,15-18H2,(H,25,26);(H,6,7). The number of benzene rings is 2. The predicted molar refractivity (Wildman–Crippen MR) is 123 cm³/mol. The Bertz CT molecular complexity index is 844. The third-order valence-corrected chi connectivity index (χ3v) is 4.70. The van der Waals surface area contributed by atoms with Crippen LogP contribution in [0, 0.1) is 0 Å². The van der Waals surface area contributed by atoms with E-state index in [1.54, 1.807) is 0 Å². The highest BCUT2D eigenvalue weighted by molar-refractivity contribution is 5.73. The normalized spacial score (nSPS) is 10.8. The minimum absolute atomic E-state index is 0.175. The molecule has 3 N–H and O–H groups in total. The molecular formula is C25H32F3NO5. The Morgan fingerprint density at radius 2 is 1.47 bits per heavy atom. The van der Waals surface area contributed by atoms with Crippen LogP contribution in [0.1, 0.15) is 43.2 Å². The zero-order chi connectivity index (χ0) is 25.2. The molecule has 0 aliphatic carbocycles. The second-order valence-electron chi connectivity index (χ2n) is 7.59. The molecule has 0 saturated heterocycles. The van der Waals surface area contributed by atoms with Crippen molar-refractivity contribution >= 4 is 11.9 Å². The third-order valence-electron chi connectivity index (χ3n) is 4.70. The van der Waals surface area contributed by atoms with Crippen molar-refractivity contribution in [3.8, 4) is 5.75 Å². The molecule has 0 aromatic heterocycles. The van der Waals surface area contributed by atoms with E-state index in [9.17, 15) is 18.0 Å². The summed E-state index contributed by atoms with van der Waals surface area (Å²) in [5.74, 6) is -2.57. The van der Waals surface area contributed by atoms with Gasteiger partial charge in [-0.25, -0.2) is 4.79 Å². The van der Waals surface area contributed by atoms with Gasteiger partial charge in [-0.2, -0.15) is 13.2 Å². The van der Waals surface area contributed by atoms with Crippen LogP contribution in [0.2, 0.25) is 0 Å². The van der Waals surface area contributed by atoms with Crippen molar-refractivity contribution in [1.29, 1.82) is 0 Å². The van der Waals surface area contributed by atoms with E-state index < -0.39 is 18.1 Å². The van der Waals surface area contributed by atoms with Crippen molar-refractivity contribution in [3.05, 3.63) is 65.7 Å². The molecule has 2 aromatic carbocycles. The van der Waals surface area contributed by atoms with Crippen LogP contribution in [-0.4, -0.2) is 48.0 Å². The first-order valence-corrected chi connectivity index (χ1v) is 11.2. The minimum Gasteiger partial charge on any atom is -0.494 e. The van der Waals surface area contributed by atoms with Crippen LogP contribution in [-0.2, 0) is 22.4 Å². The molecule has 0 atom stereocenters. The predicted octanol–water partition coefficient (Wildman–Crippen LogP) is 5.11. The molecule has 0 aliphatic heterocycles. The molecule has 2 aromatic rings. The molecule has 0 fully saturated rings. The maximum Gasteiger partial charge on any atom is 0.490 e. The number of hydrogen-bond acceptors (Lipinski definition) is 4. The molecule has 9 heteroatoms. The molecule has 0 spiro atoms. The topological polar surface area (TPSA) is 95.9 Å². The van der Waals surface area contributed by atoms with Crippen LogP contribution < -0.4 is 10.1 Å². The fourth-order valence-electron chi connectivity index (χ4n) is 2.97. The Kier molecular flexibility index (Phi) is 14.1. The van der Waals surface area contributed by atoms with Crippen molar-refractivity contribution in [2.75, 3.05) is 19.7 Å². The van der Waals surface area contributed by atoms with Gasteiger partial charge in [-0.05, 0) is 68.3 Å². The van der Waals surface area contributed by atoms with Gasteiger partial charge in [0.15, 0.2) is 0 Å². The number of ether oxygens (including phenoxy) is 1. The van der Waals surface area contributed by atoms with Crippen LogP contribution in [0.15, 0.2) is 54.6 Å². The smallest absolute Gasteiger partial charge is 0.490 e. The summed E-state index contributed by atoms with van der Waals surface area (Å²) in [5.41, 5.74) is 2.67. The average molecular weight is 484 g/mol. The Balaban J connectivity index is 0.000000718. The molecule has 0 aliphatic rings. The number of carboxylic acid groups (broad SMARTS) is 2. The lowest BCUT2D eigenvalue weighted by molar-refractivity contribution is -0.192. The lowest BCUT2D eigenvalue weighted by atomic mass is 10.1. The fraction of sp³-hybridized carbons (Fsp3) is 0.440. The van der Waals surface area contributed by atoms with Gasteiger partial charge >= 0.3 is 18.1 Å². The Labute approximate surface area is 197 Å². The number of halogens is 3. The maximum atomic E-state index is 10.6. The lowest BCUT2D eigenvalue weighted by Gasteiger charge is -2.09. The Morgan fingerprint density at radius 3 is 2.12 bits per heavy atom. The zero-order valence-corrected chi connectivity index (χ0v) is 19.0. The number of rotatable bonds is 14. The molecule has 0 amide bonds. The van der Waals surface area contributed by atoms with Gasteiger partial charge in [0.1, 0.15) is 5.75 Å². The fourth-order valence-corrected chi connectivity index (χ4v) is 2.97. The molecule has 34 heavy (non-hydrogen) atoms. The van der Waals surface area contributed by atoms with Gasteiger partial charge in [0.05, 0.1) is 13.0 Å². The molecule has 0 unspecified atom stereocenters. The van der Waals surface area contributed by atoms with Gasteiger partial charge in [-0.15, -0.1) is 0 Å². The van der Waals surface area contributed by atoms with Crippen LogP contribution >= 0.6 is 0 Å². The highest BCUT2D eigenvalue weighted by Gasteiger charge is 2.38. The lowest BCUT2D eigenvalue weighted by Crippen LogP contribution is -2.21. The number of nitrogens with one attached hydrogen (secondary N) is 1. The molecule has 0 saturated carbocycles. The SMILES string of the molecule is O=C(O)C(F)(F)F.O=C(O)CCNCCCc1cccc(OCCCCCc2ccccc2)c1. The summed E-state index contributed by atoms with van der Waals surface area (Å²) in [4.78, 5) is 19.3. The zero-order valence-electron chi connectivity index (χ0n) is 19.0. The monoisotopic (exact) mass is 483 g/mol. The molecule has 188 valence electrons. The van der Waals surface area contributed by atoms with E-state index in [4.69, 9.17) is 19.7 Å². The Hall–Kier alpha value is -3.07. The second-order valence-corrected chi connectivity index (χ2v) is 7.59. The average Bonchev–Trinajstić information content (AvgIpc) is 2.79. The summed E-state index contributed by atoms with van der Waals surface area (Å²) in [6, 6.07) is 18.9. The van der Waals surface area contributed by atoms with Crippen molar-refractivity contribution < 1.29 is 37.7 Å². The Morgan fingerprint density at radius 1 is 0.824 bits per heavy atom. The van der Waals surface area contributed by atoms with E-state index in [-0.39, 0.29) is 6.42 Å². The van der Waals surface area contributed by atoms with E-state index in [0.29, 0.717) is 6.54 Å². The summed E-state index contributed by atoms with van der Waals surface area (Å²) in [5, 5.41) is 18.9. The first kappa shape index (κ1) is 29.0. The van der Waals surface area contributed by atoms with Crippen molar-refractivity contribution in [2.24, 2.45) is 0 Å². The molecule has 6 nitrogen and oxygen atoms in total. The highest BCUT2D eigenvalue weighted by atomic mass is 19.4. The molecule has 0 heterocycles. The molecular weight excluding hydrogens is 451 g/mol. The van der Waals surface area contributed by atoms with Gasteiger partial charge in [-0.1, -0.05) is 42.5 Å². The van der Waals surface area contributed by atoms with Crippen LogP contribution in [0.25, 0.3) is 0 Å². The van der Waals surface area contributed by atoms with Gasteiger partial charge < -0.3 is 20.3 Å². The number of hydrogen-bond donors (Lipinski definition) is 3. The van der Waals surface area contributed by atoms with Crippen LogP contribution in [0.5, 0.6) is 5.75 Å². The van der Waals surface area contributed by atoms with E-state index in [0.717, 1.165) is 44.6 Å². The molecule has 0 radical (unpaired) electrons. The van der Waals surface area contributed by atoms with Crippen molar-refractivity contribution in [2.45, 2.75) is 51.1 Å². The van der Waals surface area contributed by atoms with Crippen molar-refractivity contribution in [1.82, 2.24) is 5.32 Å². The first-order chi connectivity index (χ1) is 16.2. The van der Waals surface area contributed by atoms with E-state index in [1.807, 2.05) is 12.1 Å². The molecule has 0 bridgehead atoms. The molecule has 2 rings (SSSR count). The minimum atomic E-state index is -5.08. The van der Waals surface area contributed by atoms with Gasteiger partial charge in [-0.3, -0.25) is 4.79 Å². The van der Waals surface area contributed by atoms with Gasteiger partial charge in [0, 0.05) is 6.54 Å². The number of unbranched alkanes of at least 4 members (excludes halogenated alkanes) is 2. The van der Waals surface area contributed by atoms with Gasteiger partial charge in [0.2, 0.25) is 0 Å². The van der Waals surface area contributed by atoms with Crippen LogP contribution in [0.4, 0.5) is 13.2 Å². The number of aliphatic carboxylic acids is 2. The third kappa shape index (κ3) is 14.9. The van der Waals surface area contributed by atoms with Crippen LogP contribution in [0.3, 0.4) is 0 Å². The second kappa shape index (κ2) is 16.5. The number of carboxylic acids is 2. The highest BCUT2D eigenvalue weighted by Crippen LogP contribution is 2.16. The quantitative estimate of drug-likeness (QED) is 0.323. The van der Waals surface area contributed by atoms with Crippen molar-refractivity contribution in [3.63, 3.8) is 0 Å². The first-order valence-electron chi connectivity index (χ1n) is 11.2. The largest absolute Gasteiger partial charge is 0.494 e. The van der Waals surface area contributed by atoms with E-state index >= 15 is 0 Å². The van der Waals surface area contributed by atoms with E-state index in [1.165, 1.54) is 24.0 Å². The summed E-state index contributed by atoms with van der Waals surface area (Å²) in [6.07, 6.45) is 1.63. The number of carbonyl (C=O) groups is 2. The summed E-state index contributed by atoms with van der Waals surface area (Å²) < 4.78 is 37.6. The summed E-state index contributed by atoms with van der Waals surface area (Å²) in [7, 11) is 0.